The van der Waals surface area contributed by atoms with Crippen LogP contribution in [0, 0.1) is 0 Å². The van der Waals surface area contributed by atoms with Crippen LogP contribution in [0.15, 0.2) is 18.2 Å². The SMILES string of the molecule is COc1ccc(CCCC(=O)O)cc1OC1CCCC1. The number of ether oxygens (including phenoxy) is 2. The molecule has 4 nitrogen and oxygen atoms in total. The summed E-state index contributed by atoms with van der Waals surface area (Å²) in [6.07, 6.45) is 6.54. The first-order chi connectivity index (χ1) is 9.69. The van der Waals surface area contributed by atoms with Crippen LogP contribution >= 0.6 is 0 Å². The van der Waals surface area contributed by atoms with Crippen molar-refractivity contribution < 1.29 is 19.4 Å². The number of carboxylic acid groups (broad SMARTS) is 1. The van der Waals surface area contributed by atoms with Gasteiger partial charge in [0.25, 0.3) is 0 Å². The van der Waals surface area contributed by atoms with Crippen LogP contribution < -0.4 is 9.47 Å². The van der Waals surface area contributed by atoms with Crippen LogP contribution in [0.3, 0.4) is 0 Å². The summed E-state index contributed by atoms with van der Waals surface area (Å²) in [6.45, 7) is 0. The lowest BCUT2D eigenvalue weighted by molar-refractivity contribution is -0.137. The first-order valence-electron chi connectivity index (χ1n) is 7.24. The van der Waals surface area contributed by atoms with Gasteiger partial charge in [0.2, 0.25) is 0 Å². The number of aliphatic carboxylic acids is 1. The Hall–Kier alpha value is -1.71. The van der Waals surface area contributed by atoms with Gasteiger partial charge in [0.15, 0.2) is 11.5 Å². The zero-order valence-electron chi connectivity index (χ0n) is 11.9. The van der Waals surface area contributed by atoms with E-state index in [1.165, 1.54) is 12.8 Å². The number of benzene rings is 1. The highest BCUT2D eigenvalue weighted by Crippen LogP contribution is 2.32. The molecule has 0 aliphatic heterocycles. The van der Waals surface area contributed by atoms with E-state index in [4.69, 9.17) is 14.6 Å². The predicted octanol–water partition coefficient (Wildman–Crippen LogP) is 3.42. The third-order valence-corrected chi connectivity index (χ3v) is 3.68. The second kappa shape index (κ2) is 7.17. The van der Waals surface area contributed by atoms with Crippen molar-refractivity contribution in [1.29, 1.82) is 0 Å². The van der Waals surface area contributed by atoms with E-state index in [0.29, 0.717) is 6.42 Å². The van der Waals surface area contributed by atoms with E-state index < -0.39 is 5.97 Å². The molecule has 1 aliphatic rings. The molecule has 0 atom stereocenters. The zero-order chi connectivity index (χ0) is 14.4. The summed E-state index contributed by atoms with van der Waals surface area (Å²) in [5, 5.41) is 8.67. The molecule has 20 heavy (non-hydrogen) atoms. The molecule has 1 aromatic rings. The number of carboxylic acids is 1. The van der Waals surface area contributed by atoms with Gasteiger partial charge in [-0.15, -0.1) is 0 Å². The van der Waals surface area contributed by atoms with E-state index in [1.807, 2.05) is 18.2 Å². The Balaban J connectivity index is 2.01. The van der Waals surface area contributed by atoms with Gasteiger partial charge in [0, 0.05) is 6.42 Å². The minimum absolute atomic E-state index is 0.199. The lowest BCUT2D eigenvalue weighted by Gasteiger charge is -2.16. The van der Waals surface area contributed by atoms with Gasteiger partial charge in [-0.25, -0.2) is 0 Å². The second-order valence-electron chi connectivity index (χ2n) is 5.26. The van der Waals surface area contributed by atoms with Crippen LogP contribution in [-0.2, 0) is 11.2 Å². The normalized spacial score (nSPS) is 15.2. The standard InChI is InChI=1S/C16H22O4/c1-19-14-10-9-12(5-4-8-16(17)18)11-15(14)20-13-6-2-3-7-13/h9-11,13H,2-8H2,1H3,(H,17,18). The van der Waals surface area contributed by atoms with E-state index in [1.54, 1.807) is 7.11 Å². The second-order valence-corrected chi connectivity index (χ2v) is 5.26. The molecule has 0 radical (unpaired) electrons. The molecule has 4 heteroatoms. The van der Waals surface area contributed by atoms with E-state index in [0.717, 1.165) is 36.3 Å². The largest absolute Gasteiger partial charge is 0.493 e. The molecular formula is C16H22O4. The fourth-order valence-corrected chi connectivity index (χ4v) is 2.60. The van der Waals surface area contributed by atoms with Crippen molar-refractivity contribution in [1.82, 2.24) is 0 Å². The Morgan fingerprint density at radius 1 is 1.30 bits per heavy atom. The molecule has 1 fully saturated rings. The molecule has 0 unspecified atom stereocenters. The van der Waals surface area contributed by atoms with Crippen molar-refractivity contribution in [2.75, 3.05) is 7.11 Å². The molecule has 1 aromatic carbocycles. The molecule has 0 amide bonds. The van der Waals surface area contributed by atoms with Crippen molar-refractivity contribution in [3.05, 3.63) is 23.8 Å². The van der Waals surface area contributed by atoms with Gasteiger partial charge in [0.1, 0.15) is 0 Å². The van der Waals surface area contributed by atoms with Crippen molar-refractivity contribution >= 4 is 5.97 Å². The van der Waals surface area contributed by atoms with Crippen molar-refractivity contribution in [2.24, 2.45) is 0 Å². The number of hydrogen-bond acceptors (Lipinski definition) is 3. The Bertz CT molecular complexity index is 450. The molecule has 1 aliphatic carbocycles. The summed E-state index contributed by atoms with van der Waals surface area (Å²) < 4.78 is 11.4. The van der Waals surface area contributed by atoms with Gasteiger partial charge in [-0.3, -0.25) is 4.79 Å². The van der Waals surface area contributed by atoms with Crippen molar-refractivity contribution in [3.8, 4) is 11.5 Å². The molecule has 110 valence electrons. The minimum Gasteiger partial charge on any atom is -0.493 e. The zero-order valence-corrected chi connectivity index (χ0v) is 11.9. The fourth-order valence-electron chi connectivity index (χ4n) is 2.60. The van der Waals surface area contributed by atoms with Gasteiger partial charge < -0.3 is 14.6 Å². The van der Waals surface area contributed by atoms with Crippen LogP contribution in [-0.4, -0.2) is 24.3 Å². The van der Waals surface area contributed by atoms with Gasteiger partial charge >= 0.3 is 5.97 Å². The maximum atomic E-state index is 10.5. The van der Waals surface area contributed by atoms with E-state index in [-0.39, 0.29) is 12.5 Å². The number of aryl methyl sites for hydroxylation is 1. The van der Waals surface area contributed by atoms with Crippen LogP contribution in [0.5, 0.6) is 11.5 Å². The Labute approximate surface area is 119 Å². The Morgan fingerprint density at radius 3 is 2.70 bits per heavy atom. The topological polar surface area (TPSA) is 55.8 Å². The summed E-state index contributed by atoms with van der Waals surface area (Å²) in [5.41, 5.74) is 1.10. The quantitative estimate of drug-likeness (QED) is 0.830. The molecule has 1 N–H and O–H groups in total. The van der Waals surface area contributed by atoms with Gasteiger partial charge in [-0.05, 0) is 56.2 Å². The van der Waals surface area contributed by atoms with Gasteiger partial charge in [0.05, 0.1) is 13.2 Å². The fraction of sp³-hybridized carbons (Fsp3) is 0.562. The lowest BCUT2D eigenvalue weighted by Crippen LogP contribution is -2.11. The first-order valence-corrected chi connectivity index (χ1v) is 7.24. The highest BCUT2D eigenvalue weighted by molar-refractivity contribution is 5.66. The molecule has 2 rings (SSSR count). The number of rotatable bonds is 7. The van der Waals surface area contributed by atoms with E-state index in [9.17, 15) is 4.79 Å². The summed E-state index contributed by atoms with van der Waals surface area (Å²) in [7, 11) is 1.64. The predicted molar refractivity (Wildman–Crippen MR) is 76.5 cm³/mol. The molecule has 0 bridgehead atoms. The number of hydrogen-bond donors (Lipinski definition) is 1. The molecule has 0 heterocycles. The first kappa shape index (κ1) is 14.7. The highest BCUT2D eigenvalue weighted by Gasteiger charge is 2.18. The molecule has 0 spiro atoms. The van der Waals surface area contributed by atoms with Crippen LogP contribution in [0.1, 0.15) is 44.1 Å². The molecular weight excluding hydrogens is 256 g/mol. The van der Waals surface area contributed by atoms with Crippen molar-refractivity contribution in [3.63, 3.8) is 0 Å². The van der Waals surface area contributed by atoms with Crippen LogP contribution in [0.25, 0.3) is 0 Å². The lowest BCUT2D eigenvalue weighted by atomic mass is 10.1. The van der Waals surface area contributed by atoms with E-state index in [2.05, 4.69) is 0 Å². The monoisotopic (exact) mass is 278 g/mol. The van der Waals surface area contributed by atoms with Crippen LogP contribution in [0.4, 0.5) is 0 Å². The molecule has 0 saturated heterocycles. The summed E-state index contributed by atoms with van der Waals surface area (Å²) in [6, 6.07) is 5.86. The highest BCUT2D eigenvalue weighted by atomic mass is 16.5. The third-order valence-electron chi connectivity index (χ3n) is 3.68. The number of methoxy groups -OCH3 is 1. The maximum absolute atomic E-state index is 10.5. The molecule has 1 saturated carbocycles. The van der Waals surface area contributed by atoms with Gasteiger partial charge in [-0.1, -0.05) is 6.07 Å². The Kier molecular flexibility index (Phi) is 5.27. The Morgan fingerprint density at radius 2 is 2.05 bits per heavy atom. The average molecular weight is 278 g/mol. The number of carbonyl (C=O) groups is 1. The summed E-state index contributed by atoms with van der Waals surface area (Å²) >= 11 is 0. The smallest absolute Gasteiger partial charge is 0.303 e. The summed E-state index contributed by atoms with van der Waals surface area (Å²) in [4.78, 5) is 10.5. The average Bonchev–Trinajstić information content (AvgIpc) is 2.91. The van der Waals surface area contributed by atoms with Gasteiger partial charge in [-0.2, -0.15) is 0 Å². The van der Waals surface area contributed by atoms with Crippen molar-refractivity contribution in [2.45, 2.75) is 51.0 Å². The van der Waals surface area contributed by atoms with E-state index >= 15 is 0 Å². The van der Waals surface area contributed by atoms with Crippen LogP contribution in [0.2, 0.25) is 0 Å². The molecule has 0 aromatic heterocycles. The maximum Gasteiger partial charge on any atom is 0.303 e. The minimum atomic E-state index is -0.749. The third kappa shape index (κ3) is 4.15. The summed E-state index contributed by atoms with van der Waals surface area (Å²) in [5.74, 6) is 0.784.